The minimum absolute atomic E-state index is 0.137. The smallest absolute Gasteiger partial charge is 0.320 e. The van der Waals surface area contributed by atoms with Gasteiger partial charge in [-0.15, -0.1) is 20.4 Å². The van der Waals surface area contributed by atoms with Gasteiger partial charge in [-0.05, 0) is 30.2 Å². The Balaban J connectivity index is 1.03. The number of aromatic amines is 2. The second-order valence-corrected chi connectivity index (χ2v) is 9.92. The second kappa shape index (κ2) is 7.43. The molecular weight excluding hydrogens is 404 g/mol. The number of carbonyl (C=O) groups excluding carboxylic acids is 1. The summed E-state index contributed by atoms with van der Waals surface area (Å²) in [5.74, 6) is 3.33. The van der Waals surface area contributed by atoms with E-state index in [1.165, 1.54) is 18.4 Å². The number of aromatic nitrogens is 6. The van der Waals surface area contributed by atoms with Crippen molar-refractivity contribution in [3.63, 3.8) is 0 Å². The number of amides is 2. The molecule has 0 unspecified atom stereocenters. The Morgan fingerprint density at radius 2 is 1.84 bits per heavy atom. The van der Waals surface area contributed by atoms with Gasteiger partial charge in [-0.3, -0.25) is 0 Å². The molecule has 1 atom stereocenters. The molecule has 3 aromatic rings. The lowest BCUT2D eigenvalue weighted by Crippen LogP contribution is -2.53. The van der Waals surface area contributed by atoms with Crippen molar-refractivity contribution >= 4 is 6.03 Å². The van der Waals surface area contributed by atoms with Gasteiger partial charge in [-0.2, -0.15) is 0 Å². The van der Waals surface area contributed by atoms with Crippen molar-refractivity contribution in [1.82, 2.24) is 40.2 Å². The van der Waals surface area contributed by atoms with Crippen LogP contribution < -0.4 is 0 Å². The quantitative estimate of drug-likeness (QED) is 0.645. The molecule has 1 aromatic carbocycles. The van der Waals surface area contributed by atoms with Gasteiger partial charge in [0.05, 0.1) is 0 Å². The summed E-state index contributed by atoms with van der Waals surface area (Å²) in [7, 11) is 0. The predicted molar refractivity (Wildman–Crippen MR) is 118 cm³/mol. The van der Waals surface area contributed by atoms with E-state index in [0.717, 1.165) is 55.5 Å². The monoisotopic (exact) mass is 432 g/mol. The van der Waals surface area contributed by atoms with E-state index in [-0.39, 0.29) is 11.9 Å². The molecule has 2 saturated heterocycles. The number of nitrogens with one attached hydrogen (secondary N) is 2. The zero-order valence-corrected chi connectivity index (χ0v) is 18.3. The predicted octanol–water partition coefficient (Wildman–Crippen LogP) is 2.94. The lowest BCUT2D eigenvalue weighted by Gasteiger charge is -2.41. The van der Waals surface area contributed by atoms with Crippen LogP contribution >= 0.6 is 0 Å². The summed E-state index contributed by atoms with van der Waals surface area (Å²) in [5, 5.41) is 16.6. The van der Waals surface area contributed by atoms with Crippen molar-refractivity contribution in [1.29, 1.82) is 0 Å². The van der Waals surface area contributed by atoms with Crippen LogP contribution in [0.1, 0.15) is 55.2 Å². The molecule has 2 aliphatic heterocycles. The van der Waals surface area contributed by atoms with Crippen LogP contribution in [0.25, 0.3) is 11.4 Å². The summed E-state index contributed by atoms with van der Waals surface area (Å²) in [6.45, 7) is 5.33. The highest BCUT2D eigenvalue weighted by Gasteiger charge is 2.39. The SMILES string of the molecule is CC1(Cc2nnc(-c3ccc(C4CN(C(=O)N5CC[C@H](c6nnc[nH]6)C5)C4)cc3)[nH]2)CC1. The number of hydrogen-bond donors (Lipinski definition) is 2. The summed E-state index contributed by atoms with van der Waals surface area (Å²) in [5.41, 5.74) is 2.74. The number of urea groups is 1. The molecule has 2 amide bonds. The first-order valence-electron chi connectivity index (χ1n) is 11.5. The lowest BCUT2D eigenvalue weighted by molar-refractivity contribution is 0.121. The van der Waals surface area contributed by atoms with E-state index < -0.39 is 0 Å². The second-order valence-electron chi connectivity index (χ2n) is 9.92. The van der Waals surface area contributed by atoms with E-state index >= 15 is 0 Å². The molecule has 1 aliphatic carbocycles. The molecule has 32 heavy (non-hydrogen) atoms. The van der Waals surface area contributed by atoms with Crippen LogP contribution in [-0.4, -0.2) is 72.4 Å². The van der Waals surface area contributed by atoms with Gasteiger partial charge in [0.25, 0.3) is 0 Å². The average Bonchev–Trinajstić information content (AvgIpc) is 3.27. The number of H-pyrrole nitrogens is 2. The van der Waals surface area contributed by atoms with Gasteiger partial charge in [-0.25, -0.2) is 4.79 Å². The van der Waals surface area contributed by atoms with Crippen molar-refractivity contribution in [2.45, 2.75) is 44.4 Å². The summed E-state index contributed by atoms with van der Waals surface area (Å²) < 4.78 is 0. The number of nitrogens with zero attached hydrogens (tertiary/aromatic N) is 6. The first-order chi connectivity index (χ1) is 15.6. The van der Waals surface area contributed by atoms with Crippen molar-refractivity contribution < 1.29 is 4.79 Å². The average molecular weight is 433 g/mol. The molecule has 9 nitrogen and oxygen atoms in total. The lowest BCUT2D eigenvalue weighted by atomic mass is 9.91. The Morgan fingerprint density at radius 1 is 1.06 bits per heavy atom. The maximum atomic E-state index is 12.9. The Hall–Kier alpha value is -3.23. The van der Waals surface area contributed by atoms with Crippen LogP contribution in [0.2, 0.25) is 0 Å². The van der Waals surface area contributed by atoms with Crippen molar-refractivity contribution in [2.75, 3.05) is 26.2 Å². The highest BCUT2D eigenvalue weighted by molar-refractivity contribution is 5.76. The number of likely N-dealkylation sites (tertiary alicyclic amines) is 2. The van der Waals surface area contributed by atoms with E-state index in [1.54, 1.807) is 6.33 Å². The summed E-state index contributed by atoms with van der Waals surface area (Å²) in [4.78, 5) is 23.2. The van der Waals surface area contributed by atoms with E-state index in [2.05, 4.69) is 61.6 Å². The zero-order chi connectivity index (χ0) is 21.7. The number of rotatable bonds is 5. The molecule has 0 radical (unpaired) electrons. The maximum absolute atomic E-state index is 12.9. The van der Waals surface area contributed by atoms with Gasteiger partial charge in [0.1, 0.15) is 18.0 Å². The number of carbonyl (C=O) groups is 1. The van der Waals surface area contributed by atoms with Gasteiger partial charge >= 0.3 is 6.03 Å². The van der Waals surface area contributed by atoms with Crippen molar-refractivity contribution in [2.24, 2.45) is 5.41 Å². The zero-order valence-electron chi connectivity index (χ0n) is 18.3. The molecule has 1 saturated carbocycles. The van der Waals surface area contributed by atoms with Crippen LogP contribution in [0.4, 0.5) is 4.79 Å². The van der Waals surface area contributed by atoms with Crippen molar-refractivity contribution in [3.05, 3.63) is 47.8 Å². The molecule has 6 rings (SSSR count). The van der Waals surface area contributed by atoms with E-state index in [1.807, 2.05) is 9.80 Å². The third-order valence-corrected chi connectivity index (χ3v) is 7.32. The highest BCUT2D eigenvalue weighted by atomic mass is 16.2. The third-order valence-electron chi connectivity index (χ3n) is 7.32. The van der Waals surface area contributed by atoms with Gasteiger partial charge in [-0.1, -0.05) is 31.2 Å². The molecule has 4 heterocycles. The topological polar surface area (TPSA) is 107 Å². The van der Waals surface area contributed by atoms with Gasteiger partial charge in [0.15, 0.2) is 5.82 Å². The fourth-order valence-corrected chi connectivity index (χ4v) is 4.83. The van der Waals surface area contributed by atoms with E-state index in [4.69, 9.17) is 0 Å². The fourth-order valence-electron chi connectivity index (χ4n) is 4.83. The van der Waals surface area contributed by atoms with Gasteiger partial charge in [0.2, 0.25) is 0 Å². The third kappa shape index (κ3) is 3.65. The van der Waals surface area contributed by atoms with Crippen LogP contribution in [0.15, 0.2) is 30.6 Å². The molecule has 3 fully saturated rings. The summed E-state index contributed by atoms with van der Waals surface area (Å²) in [6, 6.07) is 8.65. The van der Waals surface area contributed by atoms with Crippen LogP contribution in [-0.2, 0) is 6.42 Å². The number of hydrogen-bond acceptors (Lipinski definition) is 5. The Morgan fingerprint density at radius 3 is 2.56 bits per heavy atom. The van der Waals surface area contributed by atoms with Crippen LogP contribution in [0.3, 0.4) is 0 Å². The van der Waals surface area contributed by atoms with E-state index in [9.17, 15) is 4.79 Å². The van der Waals surface area contributed by atoms with Crippen LogP contribution in [0.5, 0.6) is 0 Å². The first kappa shape index (κ1) is 19.5. The molecule has 0 bridgehead atoms. The Labute approximate surface area is 186 Å². The van der Waals surface area contributed by atoms with Gasteiger partial charge < -0.3 is 19.8 Å². The van der Waals surface area contributed by atoms with Gasteiger partial charge in [0, 0.05) is 50.0 Å². The minimum atomic E-state index is 0.137. The summed E-state index contributed by atoms with van der Waals surface area (Å²) in [6.07, 6.45) is 6.06. The largest absolute Gasteiger partial charge is 0.331 e. The minimum Gasteiger partial charge on any atom is -0.331 e. The Bertz CT molecular complexity index is 1100. The Kier molecular flexibility index (Phi) is 4.51. The molecule has 0 spiro atoms. The molecule has 2 N–H and O–H groups in total. The standard InChI is InChI=1S/C23H28N8O/c1-23(7-8-23)10-19-26-21(29-27-19)16-4-2-15(3-5-16)18-12-31(13-18)22(32)30-9-6-17(11-30)20-24-14-25-28-20/h2-5,14,17-18H,6-13H2,1H3,(H,24,25,28)(H,26,27,29)/t17-/m0/s1. The molecule has 2 aromatic heterocycles. The normalized spacial score (nSPS) is 22.2. The maximum Gasteiger partial charge on any atom is 0.320 e. The highest BCUT2D eigenvalue weighted by Crippen LogP contribution is 2.47. The molecule has 9 heteroatoms. The van der Waals surface area contributed by atoms with Crippen LogP contribution in [0, 0.1) is 5.41 Å². The molecule has 3 aliphatic rings. The van der Waals surface area contributed by atoms with E-state index in [0.29, 0.717) is 17.9 Å². The molecular formula is C23H28N8O. The first-order valence-corrected chi connectivity index (χ1v) is 11.5. The molecule has 166 valence electrons. The van der Waals surface area contributed by atoms with Crippen molar-refractivity contribution in [3.8, 4) is 11.4 Å². The fraction of sp³-hybridized carbons (Fsp3) is 0.522. The number of benzene rings is 1. The summed E-state index contributed by atoms with van der Waals surface area (Å²) >= 11 is 0.